The second kappa shape index (κ2) is 0.954. The van der Waals surface area contributed by atoms with Gasteiger partial charge in [-0.05, 0) is 6.92 Å². The van der Waals surface area contributed by atoms with Gasteiger partial charge in [0.15, 0.2) is 0 Å². The summed E-state index contributed by atoms with van der Waals surface area (Å²) >= 11 is 0. The van der Waals surface area contributed by atoms with Crippen molar-refractivity contribution in [3.05, 3.63) is 6.61 Å². The number of hydroxylamine groups is 1. The van der Waals surface area contributed by atoms with E-state index in [1.165, 1.54) is 0 Å². The first-order chi connectivity index (χ1) is 2.39. The van der Waals surface area contributed by atoms with Gasteiger partial charge in [-0.2, -0.15) is 5.48 Å². The lowest BCUT2D eigenvalue weighted by Gasteiger charge is -2.20. The van der Waals surface area contributed by atoms with Crippen LogP contribution in [-0.2, 0) is 4.84 Å². The zero-order valence-corrected chi connectivity index (χ0v) is 3.06. The molecule has 1 N–H and O–H groups in total. The predicted octanol–water partition coefficient (Wildman–Crippen LogP) is 0.0715. The molecule has 29 valence electrons. The second-order valence-electron chi connectivity index (χ2n) is 1.16. The van der Waals surface area contributed by atoms with Gasteiger partial charge < -0.3 is 0 Å². The van der Waals surface area contributed by atoms with E-state index in [-0.39, 0.29) is 0 Å². The Labute approximate surface area is 31.1 Å². The summed E-state index contributed by atoms with van der Waals surface area (Å²) in [6.45, 7) is 3.75. The highest BCUT2D eigenvalue weighted by atomic mass is 16.7. The fraction of sp³-hybridized carbons (Fsp3) is 0.667. The molecule has 1 unspecified atom stereocenters. The lowest BCUT2D eigenvalue weighted by atomic mass is 10.4. The lowest BCUT2D eigenvalue weighted by molar-refractivity contribution is -0.0310. The normalized spacial score (nSPS) is 36.6. The molecule has 5 heavy (non-hydrogen) atoms. The Kier molecular flexibility index (Phi) is 0.596. The van der Waals surface area contributed by atoms with Crippen molar-refractivity contribution in [2.45, 2.75) is 13.0 Å². The number of rotatable bonds is 0. The third-order valence-electron chi connectivity index (χ3n) is 0.526. The molecule has 2 nitrogen and oxygen atoms in total. The van der Waals surface area contributed by atoms with Gasteiger partial charge in [-0.15, -0.1) is 0 Å². The van der Waals surface area contributed by atoms with Gasteiger partial charge in [0, 0.05) is 0 Å². The minimum absolute atomic E-state index is 0.468. The third kappa shape index (κ3) is 0.412. The van der Waals surface area contributed by atoms with E-state index in [2.05, 4.69) is 10.3 Å². The van der Waals surface area contributed by atoms with Crippen LogP contribution in [0.3, 0.4) is 0 Å². The van der Waals surface area contributed by atoms with Crippen molar-refractivity contribution in [1.82, 2.24) is 5.48 Å². The molecule has 0 aromatic heterocycles. The van der Waals surface area contributed by atoms with E-state index in [1.54, 1.807) is 6.61 Å². The van der Waals surface area contributed by atoms with E-state index in [1.807, 2.05) is 6.92 Å². The van der Waals surface area contributed by atoms with Gasteiger partial charge in [0.1, 0.15) is 6.61 Å². The maximum atomic E-state index is 4.46. The highest BCUT2D eigenvalue weighted by molar-refractivity contribution is 4.71. The minimum Gasteiger partial charge on any atom is -0.294 e. The zero-order valence-electron chi connectivity index (χ0n) is 3.06. The van der Waals surface area contributed by atoms with Gasteiger partial charge >= 0.3 is 0 Å². The van der Waals surface area contributed by atoms with Crippen LogP contribution in [0.4, 0.5) is 0 Å². The molecule has 0 aromatic rings. The largest absolute Gasteiger partial charge is 0.294 e. The van der Waals surface area contributed by atoms with Crippen LogP contribution in [0, 0.1) is 6.61 Å². The van der Waals surface area contributed by atoms with Gasteiger partial charge in [-0.25, -0.2) is 0 Å². The maximum Gasteiger partial charge on any atom is 0.126 e. The standard InChI is InChI=1S/C3H6NO/c1-3-2-5-4-3/h2-4H,1H3. The highest BCUT2D eigenvalue weighted by Crippen LogP contribution is 1.97. The van der Waals surface area contributed by atoms with Crippen molar-refractivity contribution in [1.29, 1.82) is 0 Å². The molecule has 0 amide bonds. The van der Waals surface area contributed by atoms with Crippen LogP contribution in [-0.4, -0.2) is 6.04 Å². The van der Waals surface area contributed by atoms with Crippen molar-refractivity contribution >= 4 is 0 Å². The molecule has 0 saturated carbocycles. The van der Waals surface area contributed by atoms with Crippen LogP contribution < -0.4 is 5.48 Å². The molecular weight excluding hydrogens is 66.0 g/mol. The summed E-state index contributed by atoms with van der Waals surface area (Å²) in [6, 6.07) is 0.468. The molecule has 1 heterocycles. The molecule has 1 saturated heterocycles. The lowest BCUT2D eigenvalue weighted by Crippen LogP contribution is -2.38. The monoisotopic (exact) mass is 72.0 g/mol. The Balaban J connectivity index is 2.08. The molecule has 0 spiro atoms. The molecule has 1 rings (SSSR count). The van der Waals surface area contributed by atoms with Crippen LogP contribution in [0.2, 0.25) is 0 Å². The predicted molar refractivity (Wildman–Crippen MR) is 18.0 cm³/mol. The number of hydrogen-bond acceptors (Lipinski definition) is 2. The van der Waals surface area contributed by atoms with E-state index < -0.39 is 0 Å². The summed E-state index contributed by atoms with van der Waals surface area (Å²) in [5, 5.41) is 0. The van der Waals surface area contributed by atoms with Crippen molar-refractivity contribution < 1.29 is 4.84 Å². The summed E-state index contributed by atoms with van der Waals surface area (Å²) < 4.78 is 0. The number of nitrogens with one attached hydrogen (secondary N) is 1. The van der Waals surface area contributed by atoms with E-state index in [9.17, 15) is 0 Å². The second-order valence-corrected chi connectivity index (χ2v) is 1.16. The highest BCUT2D eigenvalue weighted by Gasteiger charge is 2.09. The summed E-state index contributed by atoms with van der Waals surface area (Å²) in [5.41, 5.74) is 2.65. The summed E-state index contributed by atoms with van der Waals surface area (Å²) in [5.74, 6) is 0. The van der Waals surface area contributed by atoms with Crippen molar-refractivity contribution in [2.24, 2.45) is 0 Å². The Bertz CT molecular complexity index is 33.9. The molecule has 1 atom stereocenters. The Morgan fingerprint density at radius 1 is 2.00 bits per heavy atom. The Hall–Kier alpha value is -0.0800. The topological polar surface area (TPSA) is 21.3 Å². The first-order valence-electron chi connectivity index (χ1n) is 1.64. The van der Waals surface area contributed by atoms with Crippen LogP contribution in [0.25, 0.3) is 0 Å². The van der Waals surface area contributed by atoms with Crippen LogP contribution in [0.15, 0.2) is 0 Å². The first kappa shape index (κ1) is 3.12. The smallest absolute Gasteiger partial charge is 0.126 e. The Morgan fingerprint density at radius 2 is 2.40 bits per heavy atom. The first-order valence-corrected chi connectivity index (χ1v) is 1.64. The molecular formula is C3H6NO. The van der Waals surface area contributed by atoms with E-state index in [4.69, 9.17) is 0 Å². The minimum atomic E-state index is 0.468. The van der Waals surface area contributed by atoms with Gasteiger partial charge in [-0.3, -0.25) is 4.84 Å². The molecule has 2 heteroatoms. The van der Waals surface area contributed by atoms with E-state index in [0.29, 0.717) is 6.04 Å². The molecule has 0 aliphatic carbocycles. The molecule has 1 aliphatic heterocycles. The van der Waals surface area contributed by atoms with Crippen molar-refractivity contribution in [3.8, 4) is 0 Å². The van der Waals surface area contributed by atoms with Crippen molar-refractivity contribution in [2.75, 3.05) is 0 Å². The molecule has 1 fully saturated rings. The molecule has 1 radical (unpaired) electrons. The summed E-state index contributed by atoms with van der Waals surface area (Å²) in [7, 11) is 0. The van der Waals surface area contributed by atoms with Gasteiger partial charge in [0.25, 0.3) is 0 Å². The molecule has 0 bridgehead atoms. The van der Waals surface area contributed by atoms with Gasteiger partial charge in [0.05, 0.1) is 6.04 Å². The fourth-order valence-corrected chi connectivity index (χ4v) is 0.204. The maximum absolute atomic E-state index is 4.46. The molecule has 0 aromatic carbocycles. The van der Waals surface area contributed by atoms with Gasteiger partial charge in [-0.1, -0.05) is 0 Å². The van der Waals surface area contributed by atoms with Crippen molar-refractivity contribution in [3.63, 3.8) is 0 Å². The van der Waals surface area contributed by atoms with Crippen LogP contribution >= 0.6 is 0 Å². The average molecular weight is 72.1 g/mol. The van der Waals surface area contributed by atoms with Gasteiger partial charge in [0.2, 0.25) is 0 Å². The van der Waals surface area contributed by atoms with Crippen LogP contribution in [0.5, 0.6) is 0 Å². The van der Waals surface area contributed by atoms with E-state index in [0.717, 1.165) is 0 Å². The summed E-state index contributed by atoms with van der Waals surface area (Å²) in [6.07, 6.45) is 0. The zero-order chi connectivity index (χ0) is 3.70. The van der Waals surface area contributed by atoms with Crippen LogP contribution in [0.1, 0.15) is 6.92 Å². The Morgan fingerprint density at radius 3 is 2.40 bits per heavy atom. The summed E-state index contributed by atoms with van der Waals surface area (Å²) in [4.78, 5) is 4.46. The number of hydrogen-bond donors (Lipinski definition) is 1. The fourth-order valence-electron chi connectivity index (χ4n) is 0.204. The molecule has 1 aliphatic rings. The SMILES string of the molecule is CC1[CH]ON1. The third-order valence-corrected chi connectivity index (χ3v) is 0.526. The average Bonchev–Trinajstić information content (AvgIpc) is 1.30. The quantitative estimate of drug-likeness (QED) is 0.437. The van der Waals surface area contributed by atoms with E-state index >= 15 is 0 Å².